The Balaban J connectivity index is 1.12. The van der Waals surface area contributed by atoms with Gasteiger partial charge in [-0.15, -0.1) is 0 Å². The van der Waals surface area contributed by atoms with Crippen LogP contribution in [-0.4, -0.2) is 18.8 Å². The quantitative estimate of drug-likeness (QED) is 0.170. The minimum atomic E-state index is 0.740. The van der Waals surface area contributed by atoms with Crippen LogP contribution in [-0.2, 0) is 0 Å². The fraction of sp³-hybridized carbons (Fsp3) is 0. The minimum absolute atomic E-state index is 0.740. The van der Waals surface area contributed by atoms with Crippen LogP contribution in [0.2, 0.25) is 0 Å². The fourth-order valence-electron chi connectivity index (χ4n) is 8.04. The Bertz CT molecular complexity index is 3180. The number of ether oxygens (including phenoxy) is 1. The van der Waals surface area contributed by atoms with Crippen LogP contribution in [0.3, 0.4) is 0 Å². The molecule has 0 aliphatic rings. The molecule has 4 aromatic heterocycles. The number of fused-ring (bicyclic) bond motifs is 12. The largest absolute Gasteiger partial charge is 0.457 e. The molecule has 53 heavy (non-hydrogen) atoms. The van der Waals surface area contributed by atoms with Gasteiger partial charge in [-0.2, -0.15) is 0 Å². The van der Waals surface area contributed by atoms with Gasteiger partial charge in [-0.3, -0.25) is 8.80 Å². The van der Waals surface area contributed by atoms with Crippen LogP contribution in [0.1, 0.15) is 0 Å². The summed E-state index contributed by atoms with van der Waals surface area (Å²) < 4.78 is 11.3. The molecule has 11 aromatic rings. The van der Waals surface area contributed by atoms with Crippen molar-refractivity contribution in [3.63, 3.8) is 0 Å². The second kappa shape index (κ2) is 11.7. The summed E-state index contributed by atoms with van der Waals surface area (Å²) in [5.41, 5.74) is 10.4. The van der Waals surface area contributed by atoms with E-state index < -0.39 is 0 Å². The van der Waals surface area contributed by atoms with Crippen molar-refractivity contribution < 1.29 is 4.74 Å². The fourth-order valence-corrected chi connectivity index (χ4v) is 8.04. The molecule has 0 unspecified atom stereocenters. The van der Waals surface area contributed by atoms with Crippen molar-refractivity contribution in [2.75, 3.05) is 0 Å². The summed E-state index contributed by atoms with van der Waals surface area (Å²) in [6.45, 7) is 0. The van der Waals surface area contributed by atoms with Crippen LogP contribution in [0, 0.1) is 0 Å². The molecule has 5 nitrogen and oxygen atoms in total. The lowest BCUT2D eigenvalue weighted by Crippen LogP contribution is -1.95. The SMILES string of the molecule is c1ccc(-c2nc3c4cc(Oc5ccc6c7ccccc7n7c(-c8ccccc8)cnc7c6c5)ccc4c4ccccc4n3c2-c2ccccc2)cc1. The van der Waals surface area contributed by atoms with Gasteiger partial charge in [0.15, 0.2) is 0 Å². The molecule has 7 aromatic carbocycles. The maximum Gasteiger partial charge on any atom is 0.146 e. The summed E-state index contributed by atoms with van der Waals surface area (Å²) in [5, 5.41) is 6.64. The van der Waals surface area contributed by atoms with E-state index in [0.29, 0.717) is 0 Å². The smallest absolute Gasteiger partial charge is 0.146 e. The van der Waals surface area contributed by atoms with E-state index in [1.54, 1.807) is 0 Å². The molecule has 4 heterocycles. The van der Waals surface area contributed by atoms with Crippen LogP contribution in [0.5, 0.6) is 11.5 Å². The van der Waals surface area contributed by atoms with Crippen molar-refractivity contribution in [3.8, 4) is 45.3 Å². The standard InChI is InChI=1S/C48H30N4O/c1-4-14-31(15-5-1)44-30-49-47-40-28-34(24-26-36(40)38-20-10-12-22-42(38)51(44)47)53-35-25-27-37-39-21-11-13-23-43(39)52-46(33-18-8-3-9-19-33)45(32-16-6-2-7-17-32)50-48(52)41(37)29-35/h1-30H. The molecular weight excluding hydrogens is 649 g/mol. The third-order valence-corrected chi connectivity index (χ3v) is 10.4. The average Bonchev–Trinajstić information content (AvgIpc) is 3.86. The lowest BCUT2D eigenvalue weighted by molar-refractivity contribution is 0.484. The molecular formula is C48H30N4O. The zero-order chi connectivity index (χ0) is 34.9. The highest BCUT2D eigenvalue weighted by atomic mass is 16.5. The molecule has 0 saturated carbocycles. The molecule has 5 heteroatoms. The Hall–Kier alpha value is -7.24. The Morgan fingerprint density at radius 1 is 0.396 bits per heavy atom. The van der Waals surface area contributed by atoms with E-state index in [9.17, 15) is 0 Å². The van der Waals surface area contributed by atoms with E-state index in [4.69, 9.17) is 14.7 Å². The summed E-state index contributed by atoms with van der Waals surface area (Å²) >= 11 is 0. The van der Waals surface area contributed by atoms with Gasteiger partial charge in [-0.25, -0.2) is 9.97 Å². The second-order valence-electron chi connectivity index (χ2n) is 13.4. The average molecular weight is 679 g/mol. The Morgan fingerprint density at radius 3 is 1.53 bits per heavy atom. The number of hydrogen-bond acceptors (Lipinski definition) is 3. The van der Waals surface area contributed by atoms with Crippen molar-refractivity contribution in [1.82, 2.24) is 18.8 Å². The summed E-state index contributed by atoms with van der Waals surface area (Å²) in [6.07, 6.45) is 1.97. The van der Waals surface area contributed by atoms with E-state index in [1.807, 2.05) is 18.3 Å². The Morgan fingerprint density at radius 2 is 0.906 bits per heavy atom. The summed E-state index contributed by atoms with van der Waals surface area (Å²) in [6, 6.07) is 61.3. The number of imidazole rings is 2. The Kier molecular flexibility index (Phi) is 6.48. The van der Waals surface area contributed by atoms with Gasteiger partial charge in [0, 0.05) is 38.2 Å². The highest BCUT2D eigenvalue weighted by Gasteiger charge is 2.21. The number of nitrogens with zero attached hydrogens (tertiary/aromatic N) is 4. The van der Waals surface area contributed by atoms with Crippen LogP contribution in [0.4, 0.5) is 0 Å². The summed E-state index contributed by atoms with van der Waals surface area (Å²) in [7, 11) is 0. The molecule has 0 atom stereocenters. The normalized spacial score (nSPS) is 11.8. The number of benzene rings is 7. The number of para-hydroxylation sites is 2. The molecule has 0 saturated heterocycles. The summed E-state index contributed by atoms with van der Waals surface area (Å²) in [5.74, 6) is 1.48. The molecule has 0 aliphatic carbocycles. The molecule has 0 N–H and O–H groups in total. The van der Waals surface area contributed by atoms with E-state index in [0.717, 1.165) is 94.5 Å². The number of pyridine rings is 2. The van der Waals surface area contributed by atoms with Crippen LogP contribution in [0.15, 0.2) is 182 Å². The van der Waals surface area contributed by atoms with Gasteiger partial charge in [0.05, 0.1) is 34.3 Å². The maximum atomic E-state index is 6.74. The van der Waals surface area contributed by atoms with E-state index in [-0.39, 0.29) is 0 Å². The lowest BCUT2D eigenvalue weighted by atomic mass is 10.0. The number of aromatic nitrogens is 4. The van der Waals surface area contributed by atoms with Gasteiger partial charge in [0.25, 0.3) is 0 Å². The molecule has 0 radical (unpaired) electrons. The first-order chi connectivity index (χ1) is 26.3. The van der Waals surface area contributed by atoms with Crippen LogP contribution < -0.4 is 4.74 Å². The van der Waals surface area contributed by atoms with Crippen molar-refractivity contribution in [1.29, 1.82) is 0 Å². The van der Waals surface area contributed by atoms with Crippen molar-refractivity contribution >= 4 is 54.6 Å². The third kappa shape index (κ3) is 4.57. The third-order valence-electron chi connectivity index (χ3n) is 10.4. The van der Waals surface area contributed by atoms with E-state index in [1.165, 1.54) is 5.39 Å². The molecule has 11 rings (SSSR count). The van der Waals surface area contributed by atoms with Crippen molar-refractivity contribution in [2.24, 2.45) is 0 Å². The summed E-state index contributed by atoms with van der Waals surface area (Å²) in [4.78, 5) is 10.4. The first-order valence-corrected chi connectivity index (χ1v) is 17.8. The number of hydrogen-bond donors (Lipinski definition) is 0. The molecule has 0 amide bonds. The molecule has 0 bridgehead atoms. The van der Waals surface area contributed by atoms with Gasteiger partial charge in [0.1, 0.15) is 22.8 Å². The molecule has 248 valence electrons. The zero-order valence-corrected chi connectivity index (χ0v) is 28.5. The van der Waals surface area contributed by atoms with Crippen LogP contribution >= 0.6 is 0 Å². The van der Waals surface area contributed by atoms with Gasteiger partial charge >= 0.3 is 0 Å². The Labute approximate surface area is 304 Å². The first kappa shape index (κ1) is 29.5. The highest BCUT2D eigenvalue weighted by molar-refractivity contribution is 6.14. The minimum Gasteiger partial charge on any atom is -0.457 e. The first-order valence-electron chi connectivity index (χ1n) is 17.8. The number of rotatable bonds is 5. The predicted octanol–water partition coefficient (Wildman–Crippen LogP) is 12.4. The molecule has 0 aliphatic heterocycles. The monoisotopic (exact) mass is 678 g/mol. The van der Waals surface area contributed by atoms with Gasteiger partial charge in [-0.05, 0) is 59.3 Å². The predicted molar refractivity (Wildman–Crippen MR) is 217 cm³/mol. The van der Waals surface area contributed by atoms with Crippen molar-refractivity contribution in [2.45, 2.75) is 0 Å². The topological polar surface area (TPSA) is 43.8 Å². The second-order valence-corrected chi connectivity index (χ2v) is 13.4. The van der Waals surface area contributed by atoms with Crippen LogP contribution in [0.25, 0.3) is 88.4 Å². The highest BCUT2D eigenvalue weighted by Crippen LogP contribution is 2.41. The molecule has 0 fully saturated rings. The van der Waals surface area contributed by atoms with Gasteiger partial charge in [-0.1, -0.05) is 127 Å². The zero-order valence-electron chi connectivity index (χ0n) is 28.5. The molecule has 0 spiro atoms. The van der Waals surface area contributed by atoms with Gasteiger partial charge in [0.2, 0.25) is 0 Å². The van der Waals surface area contributed by atoms with Crippen molar-refractivity contribution in [3.05, 3.63) is 182 Å². The van der Waals surface area contributed by atoms with E-state index >= 15 is 0 Å². The lowest BCUT2D eigenvalue weighted by Gasteiger charge is -2.14. The maximum absolute atomic E-state index is 6.74. The van der Waals surface area contributed by atoms with E-state index in [2.05, 4.69) is 173 Å². The van der Waals surface area contributed by atoms with Gasteiger partial charge < -0.3 is 4.74 Å².